The number of hydrogen-bond acceptors (Lipinski definition) is 4. The molecule has 0 aromatic heterocycles. The second-order valence-electron chi connectivity index (χ2n) is 7.00. The van der Waals surface area contributed by atoms with Crippen molar-refractivity contribution in [2.24, 2.45) is 10.9 Å². The molecular formula is C16H27N3S. The van der Waals surface area contributed by atoms with Gasteiger partial charge in [0, 0.05) is 24.4 Å². The van der Waals surface area contributed by atoms with Gasteiger partial charge in [-0.25, -0.2) is 0 Å². The van der Waals surface area contributed by atoms with Crippen LogP contribution in [0, 0.1) is 5.92 Å². The van der Waals surface area contributed by atoms with Crippen molar-refractivity contribution in [3.63, 3.8) is 0 Å². The molecular weight excluding hydrogens is 266 g/mol. The summed E-state index contributed by atoms with van der Waals surface area (Å²) < 4.78 is 0. The summed E-state index contributed by atoms with van der Waals surface area (Å²) in [7, 11) is 0. The molecule has 0 radical (unpaired) electrons. The number of fused-ring (bicyclic) bond motifs is 2. The maximum atomic E-state index is 5.05. The molecule has 3 heterocycles. The highest BCUT2D eigenvalue weighted by molar-refractivity contribution is 8.13. The minimum atomic E-state index is 0.636. The van der Waals surface area contributed by atoms with Gasteiger partial charge in [0.15, 0.2) is 5.17 Å². The van der Waals surface area contributed by atoms with Crippen LogP contribution in [0.3, 0.4) is 0 Å². The van der Waals surface area contributed by atoms with Gasteiger partial charge in [-0.3, -0.25) is 9.89 Å². The summed E-state index contributed by atoms with van der Waals surface area (Å²) in [4.78, 5) is 7.76. The Morgan fingerprint density at radius 2 is 1.90 bits per heavy atom. The van der Waals surface area contributed by atoms with Crippen LogP contribution in [0.4, 0.5) is 0 Å². The first-order valence-corrected chi connectivity index (χ1v) is 9.60. The summed E-state index contributed by atoms with van der Waals surface area (Å²) in [5, 5.41) is 5.09. The first-order chi connectivity index (χ1) is 9.90. The Kier molecular flexibility index (Phi) is 3.95. The molecule has 2 saturated heterocycles. The largest absolute Gasteiger partial charge is 0.361 e. The van der Waals surface area contributed by atoms with Crippen molar-refractivity contribution >= 4 is 16.9 Å². The molecule has 4 atom stereocenters. The SMILES string of the molecule is C1CCC2N=C(NC3CCN4CCCCC34)SCC2C1. The first kappa shape index (κ1) is 13.4. The molecule has 112 valence electrons. The van der Waals surface area contributed by atoms with E-state index in [1.807, 2.05) is 11.8 Å². The normalized spacial score (nSPS) is 41.7. The van der Waals surface area contributed by atoms with Crippen molar-refractivity contribution in [3.8, 4) is 0 Å². The fourth-order valence-electron chi connectivity index (χ4n) is 4.58. The minimum absolute atomic E-state index is 0.636. The maximum Gasteiger partial charge on any atom is 0.157 e. The van der Waals surface area contributed by atoms with Gasteiger partial charge in [0.05, 0.1) is 6.04 Å². The van der Waals surface area contributed by atoms with Crippen molar-refractivity contribution in [2.75, 3.05) is 18.8 Å². The Hall–Kier alpha value is -0.220. The van der Waals surface area contributed by atoms with Crippen LogP contribution in [-0.4, -0.2) is 47.0 Å². The van der Waals surface area contributed by atoms with Crippen LogP contribution in [0.1, 0.15) is 51.4 Å². The molecule has 0 aromatic carbocycles. The number of nitrogens with one attached hydrogen (secondary N) is 1. The van der Waals surface area contributed by atoms with Crippen molar-refractivity contribution in [2.45, 2.75) is 69.5 Å². The van der Waals surface area contributed by atoms with E-state index in [0.29, 0.717) is 12.1 Å². The summed E-state index contributed by atoms with van der Waals surface area (Å²) in [5.74, 6) is 2.17. The van der Waals surface area contributed by atoms with E-state index < -0.39 is 0 Å². The van der Waals surface area contributed by atoms with Gasteiger partial charge >= 0.3 is 0 Å². The third-order valence-electron chi connectivity index (χ3n) is 5.75. The molecule has 4 unspecified atom stereocenters. The summed E-state index contributed by atoms with van der Waals surface area (Å²) >= 11 is 2.00. The molecule has 4 aliphatic rings. The average Bonchev–Trinajstić information content (AvgIpc) is 2.91. The summed E-state index contributed by atoms with van der Waals surface area (Å²) in [6.07, 6.45) is 11.1. The molecule has 1 saturated carbocycles. The van der Waals surface area contributed by atoms with Crippen LogP contribution in [-0.2, 0) is 0 Å². The highest BCUT2D eigenvalue weighted by Gasteiger charge is 2.37. The minimum Gasteiger partial charge on any atom is -0.361 e. The van der Waals surface area contributed by atoms with E-state index >= 15 is 0 Å². The Balaban J connectivity index is 1.40. The van der Waals surface area contributed by atoms with E-state index in [-0.39, 0.29) is 0 Å². The molecule has 1 N–H and O–H groups in total. The summed E-state index contributed by atoms with van der Waals surface area (Å²) in [6.45, 7) is 2.62. The van der Waals surface area contributed by atoms with Crippen LogP contribution >= 0.6 is 11.8 Å². The van der Waals surface area contributed by atoms with E-state index in [2.05, 4.69) is 10.2 Å². The van der Waals surface area contributed by atoms with Gasteiger partial charge in [0.2, 0.25) is 0 Å². The van der Waals surface area contributed by atoms with Gasteiger partial charge in [-0.05, 0) is 44.6 Å². The van der Waals surface area contributed by atoms with Gasteiger partial charge in [-0.2, -0.15) is 0 Å². The molecule has 0 amide bonds. The van der Waals surface area contributed by atoms with Crippen molar-refractivity contribution in [1.29, 1.82) is 0 Å². The molecule has 0 spiro atoms. The fraction of sp³-hybridized carbons (Fsp3) is 0.938. The lowest BCUT2D eigenvalue weighted by molar-refractivity contribution is 0.185. The summed E-state index contributed by atoms with van der Waals surface area (Å²) in [6, 6.07) is 2.09. The van der Waals surface area contributed by atoms with Crippen LogP contribution in [0.15, 0.2) is 4.99 Å². The monoisotopic (exact) mass is 293 g/mol. The molecule has 3 nitrogen and oxygen atoms in total. The number of nitrogens with zero attached hydrogens (tertiary/aromatic N) is 2. The third kappa shape index (κ3) is 2.61. The second-order valence-corrected chi connectivity index (χ2v) is 8.00. The maximum absolute atomic E-state index is 5.05. The molecule has 3 fully saturated rings. The Labute approximate surface area is 127 Å². The fourth-order valence-corrected chi connectivity index (χ4v) is 5.78. The van der Waals surface area contributed by atoms with E-state index in [4.69, 9.17) is 4.99 Å². The lowest BCUT2D eigenvalue weighted by Crippen LogP contribution is -2.47. The number of piperidine rings is 1. The Morgan fingerprint density at radius 1 is 1.00 bits per heavy atom. The molecule has 3 aliphatic heterocycles. The van der Waals surface area contributed by atoms with E-state index in [9.17, 15) is 0 Å². The van der Waals surface area contributed by atoms with Crippen LogP contribution in [0.5, 0.6) is 0 Å². The molecule has 4 heteroatoms. The zero-order valence-electron chi connectivity index (χ0n) is 12.4. The molecule has 4 rings (SSSR count). The van der Waals surface area contributed by atoms with Crippen molar-refractivity contribution in [1.82, 2.24) is 10.2 Å². The van der Waals surface area contributed by atoms with Crippen molar-refractivity contribution < 1.29 is 0 Å². The predicted octanol–water partition coefficient (Wildman–Crippen LogP) is 2.86. The highest BCUT2D eigenvalue weighted by atomic mass is 32.2. The average molecular weight is 293 g/mol. The third-order valence-corrected chi connectivity index (χ3v) is 6.84. The van der Waals surface area contributed by atoms with E-state index in [1.54, 1.807) is 0 Å². The van der Waals surface area contributed by atoms with Crippen LogP contribution in [0.2, 0.25) is 0 Å². The molecule has 1 aliphatic carbocycles. The van der Waals surface area contributed by atoms with E-state index in [1.165, 1.54) is 75.4 Å². The standard InChI is InChI=1S/C16H27N3S/c1-2-6-13-12(5-1)11-20-16(17-13)18-14-8-10-19-9-4-3-7-15(14)19/h12-15H,1-11H2,(H,17,18). The molecule has 20 heavy (non-hydrogen) atoms. The number of amidine groups is 1. The topological polar surface area (TPSA) is 27.6 Å². The zero-order chi connectivity index (χ0) is 13.4. The van der Waals surface area contributed by atoms with Gasteiger partial charge in [0.25, 0.3) is 0 Å². The molecule has 0 aromatic rings. The summed E-state index contributed by atoms with van der Waals surface area (Å²) in [5.41, 5.74) is 0. The van der Waals surface area contributed by atoms with Crippen molar-refractivity contribution in [3.05, 3.63) is 0 Å². The smallest absolute Gasteiger partial charge is 0.157 e. The van der Waals surface area contributed by atoms with Gasteiger partial charge in [-0.15, -0.1) is 0 Å². The van der Waals surface area contributed by atoms with Gasteiger partial charge < -0.3 is 5.32 Å². The Bertz CT molecular complexity index is 384. The second kappa shape index (κ2) is 5.88. The number of aliphatic imine (C=N–C) groups is 1. The number of rotatable bonds is 1. The zero-order valence-corrected chi connectivity index (χ0v) is 13.2. The van der Waals surface area contributed by atoms with E-state index in [0.717, 1.165) is 12.0 Å². The van der Waals surface area contributed by atoms with Gasteiger partial charge in [0.1, 0.15) is 0 Å². The number of thioether (sulfide) groups is 1. The Morgan fingerprint density at radius 3 is 2.90 bits per heavy atom. The number of hydrogen-bond donors (Lipinski definition) is 1. The lowest BCUT2D eigenvalue weighted by Gasteiger charge is -2.36. The molecule has 0 bridgehead atoms. The van der Waals surface area contributed by atoms with Crippen LogP contribution < -0.4 is 5.32 Å². The quantitative estimate of drug-likeness (QED) is 0.805. The van der Waals surface area contributed by atoms with Crippen LogP contribution in [0.25, 0.3) is 0 Å². The first-order valence-electron chi connectivity index (χ1n) is 8.61. The highest BCUT2D eigenvalue weighted by Crippen LogP contribution is 2.34. The van der Waals surface area contributed by atoms with Gasteiger partial charge in [-0.1, -0.05) is 31.0 Å². The predicted molar refractivity (Wildman–Crippen MR) is 86.4 cm³/mol. The lowest BCUT2D eigenvalue weighted by atomic mass is 9.86.